The molecule has 0 saturated heterocycles. The van der Waals surface area contributed by atoms with Gasteiger partial charge in [0.2, 0.25) is 0 Å². The van der Waals surface area contributed by atoms with Gasteiger partial charge in [0, 0.05) is 45.5 Å². The Morgan fingerprint density at radius 1 is 1.33 bits per heavy atom. The fourth-order valence-electron chi connectivity index (χ4n) is 2.98. The lowest BCUT2D eigenvalue weighted by Gasteiger charge is -2.21. The monoisotopic (exact) mass is 439 g/mol. The molecule has 3 rings (SSSR count). The highest BCUT2D eigenvalue weighted by molar-refractivity contribution is 14.0. The molecule has 0 aliphatic heterocycles. The van der Waals surface area contributed by atoms with Gasteiger partial charge in [-0.1, -0.05) is 30.3 Å². The maximum atomic E-state index is 4.42. The lowest BCUT2D eigenvalue weighted by Crippen LogP contribution is -2.40. The Bertz CT molecular complexity index is 667. The maximum absolute atomic E-state index is 4.42. The van der Waals surface area contributed by atoms with Gasteiger partial charge in [-0.2, -0.15) is 5.10 Å². The van der Waals surface area contributed by atoms with Gasteiger partial charge in [-0.15, -0.1) is 24.0 Å². The van der Waals surface area contributed by atoms with Crippen LogP contribution in [-0.2, 0) is 20.0 Å². The number of rotatable bonds is 5. The maximum Gasteiger partial charge on any atom is 0.193 e. The number of aliphatic imine (C=N–C) groups is 1. The number of benzene rings is 1. The second-order valence-corrected chi connectivity index (χ2v) is 6.36. The van der Waals surface area contributed by atoms with Crippen LogP contribution >= 0.6 is 24.0 Å². The average molecular weight is 439 g/mol. The van der Waals surface area contributed by atoms with Gasteiger partial charge in [0.1, 0.15) is 0 Å². The highest BCUT2D eigenvalue weighted by atomic mass is 127. The van der Waals surface area contributed by atoms with Crippen molar-refractivity contribution in [2.24, 2.45) is 18.0 Å². The summed E-state index contributed by atoms with van der Waals surface area (Å²) in [7, 11) is 5.85. The molecule has 1 heterocycles. The smallest absolute Gasteiger partial charge is 0.193 e. The van der Waals surface area contributed by atoms with Crippen LogP contribution in [-0.4, -0.2) is 40.8 Å². The van der Waals surface area contributed by atoms with E-state index in [1.165, 1.54) is 17.5 Å². The fourth-order valence-corrected chi connectivity index (χ4v) is 2.98. The predicted molar refractivity (Wildman–Crippen MR) is 109 cm³/mol. The molecule has 1 aromatic heterocycles. The molecule has 1 aromatic carbocycles. The Morgan fingerprint density at radius 2 is 2.08 bits per heavy atom. The normalized spacial score (nSPS) is 19.5. The molecular weight excluding hydrogens is 413 g/mol. The molecule has 1 N–H and O–H groups in total. The minimum atomic E-state index is 0. The number of halogens is 1. The summed E-state index contributed by atoms with van der Waals surface area (Å²) in [4.78, 5) is 6.56. The van der Waals surface area contributed by atoms with Gasteiger partial charge >= 0.3 is 0 Å². The molecule has 0 spiro atoms. The second-order valence-electron chi connectivity index (χ2n) is 6.36. The van der Waals surface area contributed by atoms with Gasteiger partial charge in [-0.25, -0.2) is 0 Å². The molecule has 1 fully saturated rings. The summed E-state index contributed by atoms with van der Waals surface area (Å²) in [6.45, 7) is 0.809. The van der Waals surface area contributed by atoms with Gasteiger partial charge in [-0.05, 0) is 24.3 Å². The van der Waals surface area contributed by atoms with Crippen LogP contribution in [0.2, 0.25) is 0 Å². The summed E-state index contributed by atoms with van der Waals surface area (Å²) < 4.78 is 1.83. The molecule has 1 aliphatic carbocycles. The van der Waals surface area contributed by atoms with Crippen molar-refractivity contribution in [2.45, 2.75) is 25.4 Å². The number of hydrogen-bond donors (Lipinski definition) is 1. The van der Waals surface area contributed by atoms with E-state index in [4.69, 9.17) is 0 Å². The quantitative estimate of drug-likeness (QED) is 0.443. The highest BCUT2D eigenvalue weighted by Gasteiger charge is 2.37. The van der Waals surface area contributed by atoms with E-state index in [0.29, 0.717) is 12.0 Å². The Balaban J connectivity index is 0.00000208. The topological polar surface area (TPSA) is 45.5 Å². The largest absolute Gasteiger partial charge is 0.353 e. The lowest BCUT2D eigenvalue weighted by atomic mass is 10.1. The third kappa shape index (κ3) is 4.96. The second kappa shape index (κ2) is 8.50. The van der Waals surface area contributed by atoms with E-state index in [2.05, 4.69) is 57.7 Å². The first-order valence-electron chi connectivity index (χ1n) is 8.11. The molecule has 2 aromatic rings. The first kappa shape index (κ1) is 18.8. The van der Waals surface area contributed by atoms with Crippen LogP contribution in [0.4, 0.5) is 0 Å². The molecule has 5 nitrogen and oxygen atoms in total. The zero-order valence-corrected chi connectivity index (χ0v) is 16.8. The summed E-state index contributed by atoms with van der Waals surface area (Å²) >= 11 is 0. The molecular formula is C18H26IN5. The van der Waals surface area contributed by atoms with Crippen LogP contribution in [0.25, 0.3) is 0 Å². The van der Waals surface area contributed by atoms with Crippen LogP contribution in [0.5, 0.6) is 0 Å². The van der Waals surface area contributed by atoms with E-state index in [9.17, 15) is 0 Å². The van der Waals surface area contributed by atoms with Gasteiger partial charge in [0.15, 0.2) is 5.96 Å². The molecule has 0 amide bonds. The van der Waals surface area contributed by atoms with Crippen molar-refractivity contribution in [3.05, 3.63) is 53.9 Å². The predicted octanol–water partition coefficient (Wildman–Crippen LogP) is 2.68. The average Bonchev–Trinajstić information content (AvgIpc) is 3.15. The fraction of sp³-hybridized carbons (Fsp3) is 0.444. The Morgan fingerprint density at radius 3 is 2.71 bits per heavy atom. The number of guanidine groups is 1. The summed E-state index contributed by atoms with van der Waals surface area (Å²) in [6.07, 6.45) is 6.30. The van der Waals surface area contributed by atoms with Crippen molar-refractivity contribution < 1.29 is 0 Å². The van der Waals surface area contributed by atoms with Crippen LogP contribution in [0.1, 0.15) is 17.5 Å². The van der Waals surface area contributed by atoms with Gasteiger partial charge in [0.05, 0.1) is 6.20 Å². The number of nitrogens with one attached hydrogen (secondary N) is 1. The van der Waals surface area contributed by atoms with Gasteiger partial charge in [0.25, 0.3) is 0 Å². The van der Waals surface area contributed by atoms with Crippen LogP contribution in [0.3, 0.4) is 0 Å². The molecule has 1 aliphatic rings. The summed E-state index contributed by atoms with van der Waals surface area (Å²) in [6, 6.07) is 11.2. The van der Waals surface area contributed by atoms with Crippen molar-refractivity contribution >= 4 is 29.9 Å². The standard InChI is InChI=1S/C18H25N5.HI/c1-19-18(22(2)12-15-11-20-23(3)13-15)21-17-10-16(17)9-14-7-5-4-6-8-14;/h4-8,11,13,16-17H,9-10,12H2,1-3H3,(H,19,21);1H. The Kier molecular flexibility index (Phi) is 6.65. The van der Waals surface area contributed by atoms with E-state index >= 15 is 0 Å². The Labute approximate surface area is 161 Å². The Hall–Kier alpha value is -1.57. The van der Waals surface area contributed by atoms with Gasteiger partial charge in [-0.3, -0.25) is 9.67 Å². The van der Waals surface area contributed by atoms with E-state index in [0.717, 1.165) is 18.9 Å². The van der Waals surface area contributed by atoms with Crippen molar-refractivity contribution in [3.8, 4) is 0 Å². The summed E-state index contributed by atoms with van der Waals surface area (Å²) in [5, 5.41) is 7.80. The van der Waals surface area contributed by atoms with Crippen LogP contribution in [0.15, 0.2) is 47.7 Å². The molecule has 0 bridgehead atoms. The van der Waals surface area contributed by atoms with Crippen LogP contribution in [0, 0.1) is 5.92 Å². The molecule has 0 radical (unpaired) electrons. The first-order valence-corrected chi connectivity index (χ1v) is 8.11. The van der Waals surface area contributed by atoms with E-state index < -0.39 is 0 Å². The number of aryl methyl sites for hydroxylation is 1. The first-order chi connectivity index (χ1) is 11.2. The van der Waals surface area contributed by atoms with Crippen molar-refractivity contribution in [1.82, 2.24) is 20.0 Å². The molecule has 6 heteroatoms. The highest BCUT2D eigenvalue weighted by Crippen LogP contribution is 2.33. The third-order valence-electron chi connectivity index (χ3n) is 4.33. The number of nitrogens with zero attached hydrogens (tertiary/aromatic N) is 4. The molecule has 130 valence electrons. The number of aromatic nitrogens is 2. The zero-order chi connectivity index (χ0) is 16.2. The van der Waals surface area contributed by atoms with Crippen molar-refractivity contribution in [2.75, 3.05) is 14.1 Å². The minimum Gasteiger partial charge on any atom is -0.353 e. The summed E-state index contributed by atoms with van der Waals surface area (Å²) in [5.41, 5.74) is 2.61. The van der Waals surface area contributed by atoms with E-state index in [-0.39, 0.29) is 24.0 Å². The molecule has 24 heavy (non-hydrogen) atoms. The molecule has 2 atom stereocenters. The number of hydrogen-bond acceptors (Lipinski definition) is 2. The van der Waals surface area contributed by atoms with Crippen molar-refractivity contribution in [3.63, 3.8) is 0 Å². The van der Waals surface area contributed by atoms with Crippen LogP contribution < -0.4 is 5.32 Å². The minimum absolute atomic E-state index is 0. The van der Waals surface area contributed by atoms with Crippen molar-refractivity contribution in [1.29, 1.82) is 0 Å². The van der Waals surface area contributed by atoms with E-state index in [1.807, 2.05) is 31.2 Å². The molecule has 2 unspecified atom stereocenters. The zero-order valence-electron chi connectivity index (χ0n) is 14.5. The van der Waals surface area contributed by atoms with E-state index in [1.54, 1.807) is 0 Å². The molecule has 1 saturated carbocycles. The summed E-state index contributed by atoms with van der Waals surface area (Å²) in [5.74, 6) is 1.66. The third-order valence-corrected chi connectivity index (χ3v) is 4.33. The SMILES string of the molecule is CN=C(NC1CC1Cc1ccccc1)N(C)Cc1cnn(C)c1.I. The lowest BCUT2D eigenvalue weighted by molar-refractivity contribution is 0.473. The van der Waals surface area contributed by atoms with Gasteiger partial charge < -0.3 is 10.2 Å².